The van der Waals surface area contributed by atoms with Crippen LogP contribution in [0.1, 0.15) is 68.5 Å². The molecule has 0 bridgehead atoms. The molecule has 7 heteroatoms. The molecule has 7 nitrogen and oxygen atoms in total. The highest BCUT2D eigenvalue weighted by molar-refractivity contribution is 5.92. The van der Waals surface area contributed by atoms with Crippen LogP contribution in [0.2, 0.25) is 0 Å². The number of nitrogens with one attached hydrogen (secondary N) is 2. The summed E-state index contributed by atoms with van der Waals surface area (Å²) in [5.41, 5.74) is 1.37. The molecule has 0 saturated heterocycles. The number of carbonyl (C=O) groups is 2. The number of aliphatic hydroxyl groups excluding tert-OH is 1. The molecule has 3 N–H and O–H groups in total. The Bertz CT molecular complexity index is 864. The first-order valence-corrected chi connectivity index (χ1v) is 10.6. The molecule has 1 aliphatic carbocycles. The summed E-state index contributed by atoms with van der Waals surface area (Å²) in [5.74, 6) is -0.291. The van der Waals surface area contributed by atoms with Crippen molar-refractivity contribution in [1.82, 2.24) is 20.4 Å². The van der Waals surface area contributed by atoms with Crippen molar-refractivity contribution in [3.63, 3.8) is 0 Å². The Morgan fingerprint density at radius 2 is 1.90 bits per heavy atom. The van der Waals surface area contributed by atoms with Gasteiger partial charge in [0.25, 0.3) is 5.91 Å². The van der Waals surface area contributed by atoms with Crippen LogP contribution in [0.3, 0.4) is 0 Å². The number of nitrogens with zero attached hydrogens (tertiary/aromatic N) is 2. The number of amides is 2. The first-order valence-electron chi connectivity index (χ1n) is 10.6. The Kier molecular flexibility index (Phi) is 6.92. The van der Waals surface area contributed by atoms with Crippen LogP contribution >= 0.6 is 0 Å². The normalized spacial score (nSPS) is 24.3. The molecule has 1 saturated carbocycles. The quantitative estimate of drug-likeness (QED) is 0.636. The molecule has 1 aromatic carbocycles. The number of carbonyl (C=O) groups excluding carboxylic acids is 2. The van der Waals surface area contributed by atoms with Crippen molar-refractivity contribution in [3.05, 3.63) is 53.9 Å². The SMILES string of the molecule is CC(=O)N[C@H]1CC[C@](CNC(=O)c2ccnn2C(C)C)(c2ccccc2)CC[C@@H]1O. The van der Waals surface area contributed by atoms with Crippen LogP contribution in [0.4, 0.5) is 0 Å². The van der Waals surface area contributed by atoms with E-state index < -0.39 is 6.10 Å². The third kappa shape index (κ3) is 4.90. The summed E-state index contributed by atoms with van der Waals surface area (Å²) in [6, 6.07) is 11.7. The molecule has 0 spiro atoms. The molecule has 0 aliphatic heterocycles. The van der Waals surface area contributed by atoms with Crippen molar-refractivity contribution in [1.29, 1.82) is 0 Å². The maximum absolute atomic E-state index is 12.9. The number of aromatic nitrogens is 2. The zero-order chi connectivity index (χ0) is 21.7. The third-order valence-electron chi connectivity index (χ3n) is 6.07. The molecule has 2 aromatic rings. The van der Waals surface area contributed by atoms with E-state index in [1.165, 1.54) is 6.92 Å². The second-order valence-electron chi connectivity index (χ2n) is 8.54. The van der Waals surface area contributed by atoms with Gasteiger partial charge in [0.15, 0.2) is 0 Å². The van der Waals surface area contributed by atoms with Gasteiger partial charge in [-0.25, -0.2) is 0 Å². The highest BCUT2D eigenvalue weighted by atomic mass is 16.3. The van der Waals surface area contributed by atoms with Gasteiger partial charge in [-0.05, 0) is 51.2 Å². The lowest BCUT2D eigenvalue weighted by Crippen LogP contribution is -2.42. The van der Waals surface area contributed by atoms with E-state index in [0.29, 0.717) is 25.1 Å². The summed E-state index contributed by atoms with van der Waals surface area (Å²) >= 11 is 0. The van der Waals surface area contributed by atoms with Gasteiger partial charge in [0.2, 0.25) is 5.91 Å². The molecule has 0 radical (unpaired) electrons. The van der Waals surface area contributed by atoms with Crippen molar-refractivity contribution in [2.24, 2.45) is 0 Å². The fraction of sp³-hybridized carbons (Fsp3) is 0.522. The number of hydrogen-bond donors (Lipinski definition) is 3. The van der Waals surface area contributed by atoms with Gasteiger partial charge < -0.3 is 15.7 Å². The Balaban J connectivity index is 1.82. The van der Waals surface area contributed by atoms with Crippen molar-refractivity contribution in [2.45, 2.75) is 70.1 Å². The van der Waals surface area contributed by atoms with Gasteiger partial charge in [-0.1, -0.05) is 30.3 Å². The minimum Gasteiger partial charge on any atom is -0.391 e. The molecule has 1 fully saturated rings. The molecule has 1 aliphatic rings. The summed E-state index contributed by atoms with van der Waals surface area (Å²) in [6.07, 6.45) is 3.72. The number of benzene rings is 1. The van der Waals surface area contributed by atoms with Gasteiger partial charge in [-0.2, -0.15) is 5.10 Å². The van der Waals surface area contributed by atoms with E-state index in [2.05, 4.69) is 27.9 Å². The van der Waals surface area contributed by atoms with Crippen LogP contribution in [-0.2, 0) is 10.2 Å². The van der Waals surface area contributed by atoms with E-state index in [1.807, 2.05) is 32.0 Å². The average Bonchev–Trinajstić information content (AvgIpc) is 3.17. The molecular formula is C23H32N4O3. The summed E-state index contributed by atoms with van der Waals surface area (Å²) in [7, 11) is 0. The van der Waals surface area contributed by atoms with E-state index in [4.69, 9.17) is 0 Å². The average molecular weight is 413 g/mol. The Morgan fingerprint density at radius 1 is 1.20 bits per heavy atom. The Labute approximate surface area is 177 Å². The summed E-state index contributed by atoms with van der Waals surface area (Å²) < 4.78 is 1.72. The second-order valence-corrected chi connectivity index (χ2v) is 8.54. The molecule has 162 valence electrons. The fourth-order valence-electron chi connectivity index (χ4n) is 4.41. The molecule has 3 rings (SSSR count). The maximum atomic E-state index is 12.9. The zero-order valence-electron chi connectivity index (χ0n) is 18.0. The minimum absolute atomic E-state index is 0.0928. The predicted molar refractivity (Wildman–Crippen MR) is 115 cm³/mol. The minimum atomic E-state index is -0.599. The standard InChI is InChI=1S/C23H32N4O3/c1-16(2)27-20(11-14-25-27)22(30)24-15-23(18-7-5-4-6-8-18)12-9-19(26-17(3)28)21(29)10-13-23/h4-8,11,14,16,19,21,29H,9-10,12-13,15H2,1-3H3,(H,24,30)(H,26,28)/t19-,21-,23-/m0/s1. The van der Waals surface area contributed by atoms with E-state index in [0.717, 1.165) is 18.4 Å². The fourth-order valence-corrected chi connectivity index (χ4v) is 4.41. The van der Waals surface area contributed by atoms with Gasteiger partial charge in [-0.15, -0.1) is 0 Å². The molecule has 1 heterocycles. The number of hydrogen-bond acceptors (Lipinski definition) is 4. The lowest BCUT2D eigenvalue weighted by atomic mass is 9.74. The van der Waals surface area contributed by atoms with E-state index in [-0.39, 0.29) is 29.3 Å². The molecule has 2 amide bonds. The highest BCUT2D eigenvalue weighted by Gasteiger charge is 2.38. The van der Waals surface area contributed by atoms with Crippen molar-refractivity contribution < 1.29 is 14.7 Å². The van der Waals surface area contributed by atoms with Crippen LogP contribution in [0.15, 0.2) is 42.6 Å². The topological polar surface area (TPSA) is 96.3 Å². The Hall–Kier alpha value is -2.67. The smallest absolute Gasteiger partial charge is 0.269 e. The van der Waals surface area contributed by atoms with Crippen LogP contribution in [0, 0.1) is 0 Å². The van der Waals surface area contributed by atoms with E-state index in [1.54, 1.807) is 16.9 Å². The number of rotatable bonds is 6. The summed E-state index contributed by atoms with van der Waals surface area (Å²) in [5, 5.41) is 20.8. The molecule has 1 aromatic heterocycles. The number of aliphatic hydroxyl groups is 1. The van der Waals surface area contributed by atoms with E-state index in [9.17, 15) is 14.7 Å². The maximum Gasteiger partial charge on any atom is 0.269 e. The predicted octanol–water partition coefficient (Wildman–Crippen LogP) is 2.57. The largest absolute Gasteiger partial charge is 0.391 e. The first kappa shape index (κ1) is 22.0. The second kappa shape index (κ2) is 9.43. The summed E-state index contributed by atoms with van der Waals surface area (Å²) in [6.45, 7) is 5.91. The highest BCUT2D eigenvalue weighted by Crippen LogP contribution is 2.38. The van der Waals surface area contributed by atoms with Crippen molar-refractivity contribution in [3.8, 4) is 0 Å². The van der Waals surface area contributed by atoms with Crippen molar-refractivity contribution >= 4 is 11.8 Å². The molecule has 30 heavy (non-hydrogen) atoms. The van der Waals surface area contributed by atoms with Crippen molar-refractivity contribution in [2.75, 3.05) is 6.54 Å². The third-order valence-corrected chi connectivity index (χ3v) is 6.07. The first-order chi connectivity index (χ1) is 14.3. The van der Waals surface area contributed by atoms with Gasteiger partial charge in [0.05, 0.1) is 12.1 Å². The van der Waals surface area contributed by atoms with Gasteiger partial charge in [0.1, 0.15) is 5.69 Å². The Morgan fingerprint density at radius 3 is 2.57 bits per heavy atom. The lowest BCUT2D eigenvalue weighted by molar-refractivity contribution is -0.120. The lowest BCUT2D eigenvalue weighted by Gasteiger charge is -2.34. The van der Waals surface area contributed by atoms with Crippen LogP contribution in [0.25, 0.3) is 0 Å². The molecule has 3 atom stereocenters. The van der Waals surface area contributed by atoms with E-state index >= 15 is 0 Å². The van der Waals surface area contributed by atoms with Crippen LogP contribution in [-0.4, -0.2) is 45.4 Å². The zero-order valence-corrected chi connectivity index (χ0v) is 18.0. The summed E-state index contributed by atoms with van der Waals surface area (Å²) in [4.78, 5) is 24.5. The molecule has 0 unspecified atom stereocenters. The monoisotopic (exact) mass is 412 g/mol. The van der Waals surface area contributed by atoms with Gasteiger partial charge >= 0.3 is 0 Å². The molecular weight excluding hydrogens is 380 g/mol. The van der Waals surface area contributed by atoms with Crippen LogP contribution in [0.5, 0.6) is 0 Å². The van der Waals surface area contributed by atoms with Gasteiger partial charge in [-0.3, -0.25) is 14.3 Å². The van der Waals surface area contributed by atoms with Crippen LogP contribution < -0.4 is 10.6 Å². The van der Waals surface area contributed by atoms with Gasteiger partial charge in [0, 0.05) is 31.1 Å².